The Labute approximate surface area is 168 Å². The smallest absolute Gasteiger partial charge is 0.174 e. The minimum Gasteiger partial charge on any atom is -0.359 e. The first-order valence-corrected chi connectivity index (χ1v) is 11.3. The van der Waals surface area contributed by atoms with Crippen LogP contribution in [0.4, 0.5) is 0 Å². The Morgan fingerprint density at radius 1 is 1.07 bits per heavy atom. The summed E-state index contributed by atoms with van der Waals surface area (Å²) in [6.07, 6.45) is 8.63. The van der Waals surface area contributed by atoms with Gasteiger partial charge in [0.05, 0.1) is 19.3 Å². The molecule has 158 valence electrons. The fraction of sp³-hybridized carbons (Fsp3) is 0.957. The van der Waals surface area contributed by atoms with Crippen LogP contribution in [0.2, 0.25) is 0 Å². The van der Waals surface area contributed by atoms with E-state index in [1.54, 1.807) is 7.11 Å². The number of carbonyl (C=O) groups excluding carboxylic acids is 1. The fourth-order valence-electron chi connectivity index (χ4n) is 8.23. The third-order valence-electron chi connectivity index (χ3n) is 9.53. The average Bonchev–Trinajstić information content (AvgIpc) is 3.26. The molecular formula is C23H36O5. The maximum atomic E-state index is 13.7. The standard InChI is InChI=1S/C23H36O5/c1-21-8-6-16(26-14-25-3)12-15(21)4-5-17-18-7-9-23(27-10-11-28-23)22(18,2)13-19(24)20(17)21/h15-18,20H,4-14H2,1-3H3/t15-,16+,17-,18-,20+,21-,22-/m1/s1. The topological polar surface area (TPSA) is 54.0 Å². The van der Waals surface area contributed by atoms with Crippen LogP contribution in [0, 0.1) is 34.5 Å². The molecule has 7 atom stereocenters. The summed E-state index contributed by atoms with van der Waals surface area (Å²) >= 11 is 0. The van der Waals surface area contributed by atoms with Gasteiger partial charge >= 0.3 is 0 Å². The highest BCUT2D eigenvalue weighted by atomic mass is 16.7. The van der Waals surface area contributed by atoms with Crippen LogP contribution in [0.25, 0.3) is 0 Å². The maximum Gasteiger partial charge on any atom is 0.174 e. The highest BCUT2D eigenvalue weighted by Gasteiger charge is 2.69. The number of ketones is 1. The Hall–Kier alpha value is -0.490. The molecule has 1 heterocycles. The molecule has 5 heteroatoms. The van der Waals surface area contributed by atoms with Crippen molar-refractivity contribution in [3.05, 3.63) is 0 Å². The number of hydrogen-bond donors (Lipinski definition) is 0. The Morgan fingerprint density at radius 2 is 1.86 bits per heavy atom. The number of fused-ring (bicyclic) bond motifs is 6. The third-order valence-corrected chi connectivity index (χ3v) is 9.53. The molecule has 0 bridgehead atoms. The molecule has 0 aromatic heterocycles. The second kappa shape index (κ2) is 6.76. The van der Waals surface area contributed by atoms with E-state index in [0.717, 1.165) is 32.1 Å². The summed E-state index contributed by atoms with van der Waals surface area (Å²) in [5.74, 6) is 1.83. The minimum atomic E-state index is -0.498. The van der Waals surface area contributed by atoms with Crippen LogP contribution in [0.1, 0.15) is 65.2 Å². The molecule has 5 aliphatic rings. The fourth-order valence-corrected chi connectivity index (χ4v) is 8.23. The minimum absolute atomic E-state index is 0.126. The van der Waals surface area contributed by atoms with E-state index in [0.29, 0.717) is 50.0 Å². The van der Waals surface area contributed by atoms with E-state index in [1.807, 2.05) is 0 Å². The molecule has 5 rings (SSSR count). The number of methoxy groups -OCH3 is 1. The van der Waals surface area contributed by atoms with Crippen LogP contribution in [0.5, 0.6) is 0 Å². The lowest BCUT2D eigenvalue weighted by molar-refractivity contribution is -0.243. The van der Waals surface area contributed by atoms with Gasteiger partial charge in [0.15, 0.2) is 5.79 Å². The SMILES string of the molecule is COCO[C@H]1CC[C@]2(C)[C@H](CC[C@H]3[C@H]2C(=O)C[C@]2(C)[C@@H]3CCC23OCCO3)C1. The third kappa shape index (κ3) is 2.55. The molecule has 5 fully saturated rings. The summed E-state index contributed by atoms with van der Waals surface area (Å²) in [5.41, 5.74) is -0.0227. The lowest BCUT2D eigenvalue weighted by atomic mass is 9.44. The van der Waals surface area contributed by atoms with Crippen molar-refractivity contribution >= 4 is 5.78 Å². The van der Waals surface area contributed by atoms with Gasteiger partial charge in [0.2, 0.25) is 0 Å². The molecule has 5 nitrogen and oxygen atoms in total. The molecule has 1 spiro atoms. The molecule has 0 aromatic rings. The molecule has 0 unspecified atom stereocenters. The van der Waals surface area contributed by atoms with E-state index in [4.69, 9.17) is 18.9 Å². The molecule has 4 aliphatic carbocycles. The van der Waals surface area contributed by atoms with E-state index in [2.05, 4.69) is 13.8 Å². The Morgan fingerprint density at radius 3 is 2.61 bits per heavy atom. The van der Waals surface area contributed by atoms with Gasteiger partial charge in [0.1, 0.15) is 12.6 Å². The summed E-state index contributed by atoms with van der Waals surface area (Å²) in [5, 5.41) is 0. The highest BCUT2D eigenvalue weighted by Crippen LogP contribution is 2.68. The molecule has 0 amide bonds. The van der Waals surface area contributed by atoms with Crippen molar-refractivity contribution in [2.24, 2.45) is 34.5 Å². The summed E-state index contributed by atoms with van der Waals surface area (Å²) in [6, 6.07) is 0. The van der Waals surface area contributed by atoms with Crippen LogP contribution >= 0.6 is 0 Å². The van der Waals surface area contributed by atoms with E-state index in [-0.39, 0.29) is 22.9 Å². The molecular weight excluding hydrogens is 356 g/mol. The van der Waals surface area contributed by atoms with Gasteiger partial charge in [-0.3, -0.25) is 4.79 Å². The Kier molecular flexibility index (Phi) is 4.70. The van der Waals surface area contributed by atoms with Gasteiger partial charge in [-0.25, -0.2) is 0 Å². The lowest BCUT2D eigenvalue weighted by Crippen LogP contribution is -2.60. The van der Waals surface area contributed by atoms with Crippen LogP contribution in [0.3, 0.4) is 0 Å². The molecule has 28 heavy (non-hydrogen) atoms. The van der Waals surface area contributed by atoms with Gasteiger partial charge in [-0.1, -0.05) is 13.8 Å². The Balaban J connectivity index is 1.40. The van der Waals surface area contributed by atoms with E-state index >= 15 is 0 Å². The number of carbonyl (C=O) groups is 1. The molecule has 0 radical (unpaired) electrons. The van der Waals surface area contributed by atoms with Gasteiger partial charge in [0, 0.05) is 31.3 Å². The number of hydrogen-bond acceptors (Lipinski definition) is 5. The Bertz CT molecular complexity index is 628. The van der Waals surface area contributed by atoms with Crippen LogP contribution in [-0.4, -0.2) is 44.8 Å². The van der Waals surface area contributed by atoms with Crippen molar-refractivity contribution < 1.29 is 23.7 Å². The van der Waals surface area contributed by atoms with Gasteiger partial charge in [-0.2, -0.15) is 0 Å². The molecule has 1 saturated heterocycles. The van der Waals surface area contributed by atoms with Crippen molar-refractivity contribution in [3.63, 3.8) is 0 Å². The van der Waals surface area contributed by atoms with E-state index in [1.165, 1.54) is 12.8 Å². The van der Waals surface area contributed by atoms with Gasteiger partial charge in [-0.05, 0) is 61.7 Å². The number of rotatable bonds is 3. The van der Waals surface area contributed by atoms with Gasteiger partial charge in [0.25, 0.3) is 0 Å². The quantitative estimate of drug-likeness (QED) is 0.681. The van der Waals surface area contributed by atoms with Gasteiger partial charge in [-0.15, -0.1) is 0 Å². The van der Waals surface area contributed by atoms with Crippen LogP contribution < -0.4 is 0 Å². The first-order valence-electron chi connectivity index (χ1n) is 11.3. The van der Waals surface area contributed by atoms with Crippen molar-refractivity contribution in [2.45, 2.75) is 77.1 Å². The maximum absolute atomic E-state index is 13.7. The van der Waals surface area contributed by atoms with Crippen LogP contribution in [-0.2, 0) is 23.7 Å². The predicted octanol–water partition coefficient (Wildman–Crippen LogP) is 3.94. The normalized spacial score (nSPS) is 49.7. The largest absolute Gasteiger partial charge is 0.359 e. The zero-order valence-corrected chi connectivity index (χ0v) is 17.7. The first kappa shape index (κ1) is 19.5. The summed E-state index contributed by atoms with van der Waals surface area (Å²) in [7, 11) is 1.68. The van der Waals surface area contributed by atoms with E-state index < -0.39 is 5.79 Å². The second-order valence-corrected chi connectivity index (χ2v) is 10.5. The predicted molar refractivity (Wildman–Crippen MR) is 104 cm³/mol. The monoisotopic (exact) mass is 392 g/mol. The molecule has 0 N–H and O–H groups in total. The van der Waals surface area contributed by atoms with E-state index in [9.17, 15) is 4.79 Å². The molecule has 0 aromatic carbocycles. The van der Waals surface area contributed by atoms with Crippen molar-refractivity contribution in [1.29, 1.82) is 0 Å². The average molecular weight is 393 g/mol. The first-order chi connectivity index (χ1) is 13.4. The number of Topliss-reactive ketones (excluding diaryl/α,β-unsaturated/α-hetero) is 1. The van der Waals surface area contributed by atoms with Crippen LogP contribution in [0.15, 0.2) is 0 Å². The second-order valence-electron chi connectivity index (χ2n) is 10.5. The zero-order valence-electron chi connectivity index (χ0n) is 17.7. The van der Waals surface area contributed by atoms with Crippen molar-refractivity contribution in [2.75, 3.05) is 27.1 Å². The highest BCUT2D eigenvalue weighted by molar-refractivity contribution is 5.84. The number of ether oxygens (including phenoxy) is 4. The summed E-state index contributed by atoms with van der Waals surface area (Å²) in [4.78, 5) is 13.7. The summed E-state index contributed by atoms with van der Waals surface area (Å²) in [6.45, 7) is 6.42. The summed E-state index contributed by atoms with van der Waals surface area (Å²) < 4.78 is 23.4. The molecule has 1 aliphatic heterocycles. The van der Waals surface area contributed by atoms with Crippen molar-refractivity contribution in [3.8, 4) is 0 Å². The zero-order chi connectivity index (χ0) is 19.6. The van der Waals surface area contributed by atoms with Crippen molar-refractivity contribution in [1.82, 2.24) is 0 Å². The lowest BCUT2D eigenvalue weighted by Gasteiger charge is -2.60. The molecule has 4 saturated carbocycles. The van der Waals surface area contributed by atoms with Gasteiger partial charge < -0.3 is 18.9 Å².